The molecule has 0 saturated heterocycles. The summed E-state index contributed by atoms with van der Waals surface area (Å²) in [6.45, 7) is 1.77. The largest absolute Gasteiger partial charge is 0.872 e. The number of ketones is 3. The summed E-state index contributed by atoms with van der Waals surface area (Å²) in [5.74, 6) is -1.17. The second kappa shape index (κ2) is 6.74. The minimum absolute atomic E-state index is 0.113. The Morgan fingerprint density at radius 1 is 0.786 bits per heavy atom. The van der Waals surface area contributed by atoms with Gasteiger partial charge >= 0.3 is 0 Å². The Balaban J connectivity index is 1.58. The van der Waals surface area contributed by atoms with Gasteiger partial charge in [-0.05, 0) is 18.6 Å². The molecule has 0 radical (unpaired) electrons. The number of carbonyl (C=O) groups is 3. The van der Waals surface area contributed by atoms with Gasteiger partial charge in [-0.25, -0.2) is 0 Å². The molecule has 28 heavy (non-hydrogen) atoms. The van der Waals surface area contributed by atoms with Gasteiger partial charge in [0, 0.05) is 22.3 Å². The smallest absolute Gasteiger partial charge is 0.197 e. The van der Waals surface area contributed by atoms with Gasteiger partial charge in [0.25, 0.3) is 0 Å². The van der Waals surface area contributed by atoms with Crippen LogP contribution >= 0.6 is 0 Å². The van der Waals surface area contributed by atoms with Crippen LogP contribution < -0.4 is 5.11 Å². The summed E-state index contributed by atoms with van der Waals surface area (Å²) in [5, 5.41) is 12.4. The van der Waals surface area contributed by atoms with Crippen LogP contribution in [0.3, 0.4) is 0 Å². The molecular weight excluding hydrogens is 352 g/mol. The van der Waals surface area contributed by atoms with Crippen molar-refractivity contribution in [2.45, 2.75) is 6.92 Å². The molecule has 4 rings (SSSR count). The van der Waals surface area contributed by atoms with Gasteiger partial charge in [0.2, 0.25) is 0 Å². The Morgan fingerprint density at radius 3 is 1.82 bits per heavy atom. The van der Waals surface area contributed by atoms with E-state index in [-0.39, 0.29) is 34.3 Å². The fourth-order valence-electron chi connectivity index (χ4n) is 3.33. The maximum Gasteiger partial charge on any atom is 0.197 e. The Hall–Kier alpha value is -3.79. The van der Waals surface area contributed by atoms with E-state index in [1.165, 1.54) is 12.2 Å². The summed E-state index contributed by atoms with van der Waals surface area (Å²) in [5.41, 5.74) is 2.58. The number of Topliss-reactive ketones (excluding diaryl/α,β-unsaturated/α-hetero) is 3. The van der Waals surface area contributed by atoms with E-state index in [1.54, 1.807) is 67.6 Å². The molecule has 136 valence electrons. The molecular formula is C24H15O4-. The number of carbonyl (C=O) groups excluding carboxylic acids is 3. The molecule has 4 nitrogen and oxygen atoms in total. The Morgan fingerprint density at radius 2 is 1.29 bits per heavy atom. The number of rotatable bonds is 3. The molecule has 0 heterocycles. The van der Waals surface area contributed by atoms with Gasteiger partial charge in [-0.1, -0.05) is 78.1 Å². The number of allylic oxidation sites excluding steroid dienone is 7. The minimum Gasteiger partial charge on any atom is -0.872 e. The van der Waals surface area contributed by atoms with Crippen molar-refractivity contribution in [1.29, 1.82) is 0 Å². The van der Waals surface area contributed by atoms with Crippen molar-refractivity contribution in [3.05, 3.63) is 112 Å². The van der Waals surface area contributed by atoms with E-state index < -0.39 is 0 Å². The zero-order valence-corrected chi connectivity index (χ0v) is 15.1. The third-order valence-electron chi connectivity index (χ3n) is 4.84. The topological polar surface area (TPSA) is 74.3 Å². The summed E-state index contributed by atoms with van der Waals surface area (Å²) in [4.78, 5) is 37.1. The predicted molar refractivity (Wildman–Crippen MR) is 104 cm³/mol. The van der Waals surface area contributed by atoms with Crippen molar-refractivity contribution in [3.8, 4) is 0 Å². The molecule has 0 aromatic heterocycles. The molecule has 0 aliphatic heterocycles. The van der Waals surface area contributed by atoms with Crippen molar-refractivity contribution in [1.82, 2.24) is 0 Å². The van der Waals surface area contributed by atoms with Crippen molar-refractivity contribution in [3.63, 3.8) is 0 Å². The highest BCUT2D eigenvalue weighted by molar-refractivity contribution is 6.39. The van der Waals surface area contributed by atoms with Gasteiger partial charge in [-0.15, -0.1) is 0 Å². The van der Waals surface area contributed by atoms with E-state index >= 15 is 0 Å². The molecule has 0 N–H and O–H groups in total. The fourth-order valence-corrected chi connectivity index (χ4v) is 3.33. The summed E-state index contributed by atoms with van der Waals surface area (Å²) in [6.07, 6.45) is 6.24. The molecule has 0 unspecified atom stereocenters. The van der Waals surface area contributed by atoms with E-state index in [0.717, 1.165) is 0 Å². The number of benzene rings is 2. The first kappa shape index (κ1) is 17.6. The molecule has 0 amide bonds. The maximum atomic E-state index is 12.4. The second-order valence-electron chi connectivity index (χ2n) is 6.65. The lowest BCUT2D eigenvalue weighted by Crippen LogP contribution is -2.02. The van der Waals surface area contributed by atoms with Crippen LogP contribution in [0.2, 0.25) is 0 Å². The van der Waals surface area contributed by atoms with Gasteiger partial charge in [-0.2, -0.15) is 0 Å². The number of hydrogen-bond acceptors (Lipinski definition) is 4. The summed E-state index contributed by atoms with van der Waals surface area (Å²) < 4.78 is 0. The van der Waals surface area contributed by atoms with E-state index in [9.17, 15) is 19.5 Å². The molecule has 0 saturated carbocycles. The third-order valence-corrected chi connectivity index (χ3v) is 4.84. The molecule has 0 fully saturated rings. The van der Waals surface area contributed by atoms with Crippen LogP contribution in [-0.2, 0) is 0 Å². The van der Waals surface area contributed by atoms with E-state index in [0.29, 0.717) is 27.8 Å². The highest BCUT2D eigenvalue weighted by Gasteiger charge is 2.31. The van der Waals surface area contributed by atoms with Gasteiger partial charge in [0.15, 0.2) is 17.3 Å². The van der Waals surface area contributed by atoms with Gasteiger partial charge in [0.1, 0.15) is 0 Å². The van der Waals surface area contributed by atoms with Gasteiger partial charge in [-0.3, -0.25) is 14.4 Å². The van der Waals surface area contributed by atoms with E-state index in [2.05, 4.69) is 0 Å². The number of hydrogen-bond donors (Lipinski definition) is 0. The maximum absolute atomic E-state index is 12.4. The highest BCUT2D eigenvalue weighted by atomic mass is 16.3. The lowest BCUT2D eigenvalue weighted by Gasteiger charge is -2.08. The summed E-state index contributed by atoms with van der Waals surface area (Å²) in [7, 11) is 0. The molecule has 4 heteroatoms. The standard InChI is InChI=1S/C24H16O4/c1-14(10-12-19-21(25)15-6-2-3-7-16(15)22(19)26)11-13-20-23(27)17-8-4-5-9-18(17)24(20)28/h2-13,25H,1H3/p-1. The number of fused-ring (bicyclic) bond motifs is 2. The fraction of sp³-hybridized carbons (Fsp3) is 0.0417. The van der Waals surface area contributed by atoms with Crippen LogP contribution in [0.15, 0.2) is 89.6 Å². The average molecular weight is 367 g/mol. The molecule has 2 aliphatic carbocycles. The van der Waals surface area contributed by atoms with E-state index in [4.69, 9.17) is 0 Å². The molecule has 0 atom stereocenters. The van der Waals surface area contributed by atoms with Crippen molar-refractivity contribution < 1.29 is 19.5 Å². The molecule has 2 aliphatic rings. The molecule has 0 spiro atoms. The summed E-state index contributed by atoms with van der Waals surface area (Å²) >= 11 is 0. The zero-order valence-electron chi connectivity index (χ0n) is 15.1. The van der Waals surface area contributed by atoms with Crippen LogP contribution in [0.4, 0.5) is 0 Å². The van der Waals surface area contributed by atoms with Crippen LogP contribution in [0, 0.1) is 0 Å². The van der Waals surface area contributed by atoms with Crippen LogP contribution in [0.25, 0.3) is 5.76 Å². The first-order chi connectivity index (χ1) is 13.5. The minimum atomic E-state index is -0.292. The lowest BCUT2D eigenvalue weighted by atomic mass is 10.1. The Bertz CT molecular complexity index is 1140. The quantitative estimate of drug-likeness (QED) is 0.473. The SMILES string of the molecule is CC(C=CC1=C([O-])c2ccccc2C1=O)=CC=C1C(=O)c2ccccc2C1=O. The van der Waals surface area contributed by atoms with Crippen molar-refractivity contribution in [2.75, 3.05) is 0 Å². The van der Waals surface area contributed by atoms with Crippen molar-refractivity contribution in [2.24, 2.45) is 0 Å². The van der Waals surface area contributed by atoms with Gasteiger partial charge < -0.3 is 5.11 Å². The predicted octanol–water partition coefficient (Wildman–Crippen LogP) is 3.46. The molecule has 0 bridgehead atoms. The highest BCUT2D eigenvalue weighted by Crippen LogP contribution is 2.30. The average Bonchev–Trinajstić information content (AvgIpc) is 3.10. The van der Waals surface area contributed by atoms with Gasteiger partial charge in [0.05, 0.1) is 5.57 Å². The lowest BCUT2D eigenvalue weighted by molar-refractivity contribution is -0.244. The van der Waals surface area contributed by atoms with Crippen LogP contribution in [0.1, 0.15) is 43.6 Å². The van der Waals surface area contributed by atoms with Crippen molar-refractivity contribution >= 4 is 23.1 Å². The summed E-state index contributed by atoms with van der Waals surface area (Å²) in [6, 6.07) is 13.4. The molecule has 2 aromatic carbocycles. The normalized spacial score (nSPS) is 16.2. The zero-order chi connectivity index (χ0) is 19.8. The van der Waals surface area contributed by atoms with Crippen LogP contribution in [0.5, 0.6) is 0 Å². The Kier molecular flexibility index (Phi) is 4.24. The van der Waals surface area contributed by atoms with Crippen LogP contribution in [-0.4, -0.2) is 17.3 Å². The first-order valence-electron chi connectivity index (χ1n) is 8.79. The first-order valence-corrected chi connectivity index (χ1v) is 8.79. The third kappa shape index (κ3) is 2.76. The molecule has 2 aromatic rings. The van der Waals surface area contributed by atoms with E-state index in [1.807, 2.05) is 0 Å². The Labute approximate surface area is 161 Å². The monoisotopic (exact) mass is 367 g/mol. The second-order valence-corrected chi connectivity index (χ2v) is 6.65.